The Labute approximate surface area is 188 Å². The summed E-state index contributed by atoms with van der Waals surface area (Å²) >= 11 is 0. The summed E-state index contributed by atoms with van der Waals surface area (Å²) in [6.07, 6.45) is -0.187. The van der Waals surface area contributed by atoms with Crippen LogP contribution in [0, 0.1) is 0 Å². The van der Waals surface area contributed by atoms with Crippen molar-refractivity contribution in [3.05, 3.63) is 23.1 Å². The summed E-state index contributed by atoms with van der Waals surface area (Å²) in [6, 6.07) is 0. The molecule has 2 aromatic heterocycles. The van der Waals surface area contributed by atoms with Gasteiger partial charge < -0.3 is 34.8 Å². The Morgan fingerprint density at radius 2 is 1.94 bits per heavy atom. The molecule has 2 aromatic rings. The number of anilines is 1. The fraction of sp³-hybridized carbons (Fsp3) is 0.545. The number of rotatable bonds is 11. The molecule has 0 aliphatic carbocycles. The van der Waals surface area contributed by atoms with Crippen LogP contribution in [0.2, 0.25) is 0 Å². The molecule has 23 heteroatoms. The van der Waals surface area contributed by atoms with Crippen molar-refractivity contribution in [2.24, 2.45) is 5.11 Å². The standard InChI is InChI=1S/C11H17N8O12P3/c12-10-9-11(15-3-14-10)19(4-16-9)8-1-6(27-5-17-18-13)7(29-8)2-28-33(23,24)31-34(25,26)30-32(20,21)22/h3-4,6-8H,1-2,5H2,(H,23,24)(H,25,26)(H2,12,14,15)(H2,20,21,22)/t6?,7-,8-/m1/s1. The van der Waals surface area contributed by atoms with Crippen LogP contribution in [0.15, 0.2) is 17.8 Å². The minimum atomic E-state index is -5.68. The molecule has 1 saturated heterocycles. The number of nitrogens with two attached hydrogens (primary N) is 1. The number of azide groups is 1. The normalized spacial score (nSPS) is 24.4. The maximum Gasteiger partial charge on any atom is 0.490 e. The molecule has 1 aliphatic rings. The third kappa shape index (κ3) is 7.00. The molecule has 0 saturated carbocycles. The second-order valence-electron chi connectivity index (χ2n) is 6.40. The van der Waals surface area contributed by atoms with Gasteiger partial charge in [-0.1, -0.05) is 5.11 Å². The van der Waals surface area contributed by atoms with E-state index < -0.39 is 55.2 Å². The van der Waals surface area contributed by atoms with Gasteiger partial charge in [-0.15, -0.1) is 0 Å². The van der Waals surface area contributed by atoms with Gasteiger partial charge in [-0.25, -0.2) is 28.6 Å². The second-order valence-corrected chi connectivity index (χ2v) is 10.8. The Hall–Kier alpha value is -2.01. The molecule has 0 spiro atoms. The van der Waals surface area contributed by atoms with Crippen molar-refractivity contribution in [2.45, 2.75) is 24.9 Å². The van der Waals surface area contributed by atoms with Crippen LogP contribution in [0.4, 0.5) is 5.82 Å². The van der Waals surface area contributed by atoms with Crippen LogP contribution in [-0.2, 0) is 36.3 Å². The maximum atomic E-state index is 12.0. The number of imidazole rings is 1. The average Bonchev–Trinajstić information content (AvgIpc) is 3.28. The van der Waals surface area contributed by atoms with E-state index in [4.69, 9.17) is 30.5 Å². The number of hydrogen-bond acceptors (Lipinski definition) is 13. The Morgan fingerprint density at radius 1 is 1.21 bits per heavy atom. The van der Waals surface area contributed by atoms with Crippen LogP contribution in [0.1, 0.15) is 12.6 Å². The first-order valence-electron chi connectivity index (χ1n) is 8.79. The fourth-order valence-corrected chi connectivity index (χ4v) is 5.93. The van der Waals surface area contributed by atoms with Crippen molar-refractivity contribution in [3.8, 4) is 0 Å². The number of nitrogen functional groups attached to an aromatic ring is 1. The molecule has 1 aliphatic heterocycles. The molecule has 0 radical (unpaired) electrons. The van der Waals surface area contributed by atoms with Gasteiger partial charge in [0.15, 0.2) is 11.5 Å². The molecule has 188 valence electrons. The highest BCUT2D eigenvalue weighted by atomic mass is 31.3. The Bertz CT molecular complexity index is 1230. The highest BCUT2D eigenvalue weighted by Crippen LogP contribution is 2.66. The molecular formula is C11H17N8O12P3. The van der Waals surface area contributed by atoms with Crippen LogP contribution < -0.4 is 5.73 Å². The number of hydrogen-bond donors (Lipinski definition) is 5. The fourth-order valence-electron chi connectivity index (χ4n) is 2.90. The molecule has 0 bridgehead atoms. The molecule has 34 heavy (non-hydrogen) atoms. The molecule has 5 atom stereocenters. The van der Waals surface area contributed by atoms with Gasteiger partial charge in [-0.3, -0.25) is 9.09 Å². The SMILES string of the molecule is [N-]=[N+]=NCOC1C[C@H](n2cnc3c(N)ncnc32)O[C@@H]1COP(=O)(O)OP(=O)(O)OP(=O)(O)O. The Morgan fingerprint density at radius 3 is 2.62 bits per heavy atom. The van der Waals surface area contributed by atoms with Crippen LogP contribution in [0.3, 0.4) is 0 Å². The number of phosphoric acid groups is 3. The average molecular weight is 546 g/mol. The summed E-state index contributed by atoms with van der Waals surface area (Å²) in [7, 11) is -16.6. The predicted octanol–water partition coefficient (Wildman–Crippen LogP) is 0.692. The lowest BCUT2D eigenvalue weighted by molar-refractivity contribution is -0.0583. The van der Waals surface area contributed by atoms with Gasteiger partial charge in [0, 0.05) is 11.3 Å². The van der Waals surface area contributed by atoms with E-state index in [2.05, 4.69) is 38.1 Å². The van der Waals surface area contributed by atoms with Crippen molar-refractivity contribution in [1.82, 2.24) is 19.5 Å². The van der Waals surface area contributed by atoms with Crippen LogP contribution in [0.5, 0.6) is 0 Å². The molecule has 6 N–H and O–H groups in total. The minimum absolute atomic E-state index is 0.0841. The summed E-state index contributed by atoms with van der Waals surface area (Å²) in [4.78, 5) is 50.6. The lowest BCUT2D eigenvalue weighted by Gasteiger charge is -2.20. The molecule has 1 fully saturated rings. The third-order valence-corrected chi connectivity index (χ3v) is 7.91. The highest BCUT2D eigenvalue weighted by molar-refractivity contribution is 7.66. The number of nitrogens with zero attached hydrogens (tertiary/aromatic N) is 7. The Balaban J connectivity index is 1.73. The molecule has 3 heterocycles. The van der Waals surface area contributed by atoms with Crippen LogP contribution in [-0.4, -0.2) is 64.6 Å². The first-order chi connectivity index (χ1) is 15.8. The zero-order valence-corrected chi connectivity index (χ0v) is 19.3. The maximum absolute atomic E-state index is 12.0. The molecule has 3 unspecified atom stereocenters. The molecule has 3 rings (SSSR count). The van der Waals surface area contributed by atoms with Crippen LogP contribution >= 0.6 is 23.5 Å². The predicted molar refractivity (Wildman–Crippen MR) is 107 cm³/mol. The van der Waals surface area contributed by atoms with Crippen molar-refractivity contribution in [3.63, 3.8) is 0 Å². The third-order valence-electron chi connectivity index (χ3n) is 4.11. The van der Waals surface area contributed by atoms with E-state index in [1.807, 2.05) is 0 Å². The first-order valence-corrected chi connectivity index (χ1v) is 13.3. The summed E-state index contributed by atoms with van der Waals surface area (Å²) in [5, 5.41) is 3.23. The van der Waals surface area contributed by atoms with Gasteiger partial charge in [0.1, 0.15) is 30.9 Å². The van der Waals surface area contributed by atoms with Gasteiger partial charge in [0.25, 0.3) is 0 Å². The zero-order chi connectivity index (χ0) is 25.1. The lowest BCUT2D eigenvalue weighted by Crippen LogP contribution is -2.29. The van der Waals surface area contributed by atoms with E-state index in [-0.39, 0.29) is 17.8 Å². The molecular weight excluding hydrogens is 529 g/mol. The summed E-state index contributed by atoms with van der Waals surface area (Å²) in [6.45, 7) is -1.20. The van der Waals surface area contributed by atoms with Gasteiger partial charge in [0.05, 0.1) is 19.0 Å². The summed E-state index contributed by atoms with van der Waals surface area (Å²) in [5.74, 6) is 0.113. The zero-order valence-electron chi connectivity index (χ0n) is 16.6. The van der Waals surface area contributed by atoms with Gasteiger partial charge in [-0.05, 0) is 5.53 Å². The number of fused-ring (bicyclic) bond motifs is 1. The van der Waals surface area contributed by atoms with E-state index in [1.54, 1.807) is 0 Å². The van der Waals surface area contributed by atoms with E-state index in [1.165, 1.54) is 17.2 Å². The number of ether oxygens (including phenoxy) is 2. The molecule has 0 amide bonds. The van der Waals surface area contributed by atoms with Crippen molar-refractivity contribution in [2.75, 3.05) is 19.1 Å². The number of aromatic nitrogens is 4. The summed E-state index contributed by atoms with van der Waals surface area (Å²) < 4.78 is 58.7. The smallest absolute Gasteiger partial charge is 0.382 e. The van der Waals surface area contributed by atoms with E-state index in [9.17, 15) is 23.5 Å². The van der Waals surface area contributed by atoms with Gasteiger partial charge in [0.2, 0.25) is 0 Å². The van der Waals surface area contributed by atoms with Crippen LogP contribution in [0.25, 0.3) is 21.6 Å². The summed E-state index contributed by atoms with van der Waals surface area (Å²) in [5.41, 5.74) is 14.8. The molecule has 0 aromatic carbocycles. The first kappa shape index (κ1) is 26.6. The van der Waals surface area contributed by atoms with Gasteiger partial charge >= 0.3 is 23.5 Å². The van der Waals surface area contributed by atoms with E-state index in [0.717, 1.165) is 0 Å². The highest BCUT2D eigenvalue weighted by Gasteiger charge is 2.43. The second kappa shape index (κ2) is 10.3. The topological polar surface area (TPSA) is 297 Å². The van der Waals surface area contributed by atoms with E-state index >= 15 is 0 Å². The number of phosphoric ester groups is 1. The molecule has 20 nitrogen and oxygen atoms in total. The Kier molecular flexibility index (Phi) is 8.07. The monoisotopic (exact) mass is 546 g/mol. The van der Waals surface area contributed by atoms with Crippen molar-refractivity contribution >= 4 is 40.4 Å². The van der Waals surface area contributed by atoms with Crippen molar-refractivity contribution in [1.29, 1.82) is 0 Å². The quantitative estimate of drug-likeness (QED) is 0.112. The lowest BCUT2D eigenvalue weighted by atomic mass is 10.2. The van der Waals surface area contributed by atoms with Gasteiger partial charge in [-0.2, -0.15) is 8.62 Å². The minimum Gasteiger partial charge on any atom is -0.382 e. The van der Waals surface area contributed by atoms with E-state index in [0.29, 0.717) is 5.65 Å². The van der Waals surface area contributed by atoms with Crippen molar-refractivity contribution < 1.29 is 55.9 Å². The largest absolute Gasteiger partial charge is 0.490 e.